The van der Waals surface area contributed by atoms with Gasteiger partial charge in [0.15, 0.2) is 5.82 Å². The summed E-state index contributed by atoms with van der Waals surface area (Å²) in [7, 11) is 0. The van der Waals surface area contributed by atoms with Crippen molar-refractivity contribution in [2.24, 2.45) is 5.92 Å². The molecule has 0 radical (unpaired) electrons. The molecule has 2 heterocycles. The molecule has 22 heavy (non-hydrogen) atoms. The maximum atomic E-state index is 9.72. The van der Waals surface area contributed by atoms with Gasteiger partial charge in [-0.15, -0.1) is 5.10 Å². The third-order valence-electron chi connectivity index (χ3n) is 4.67. The second kappa shape index (κ2) is 6.54. The first-order chi connectivity index (χ1) is 10.7. The molecule has 0 amide bonds. The highest BCUT2D eigenvalue weighted by molar-refractivity contribution is 5.30. The molecule has 1 saturated heterocycles. The highest BCUT2D eigenvalue weighted by Crippen LogP contribution is 2.27. The van der Waals surface area contributed by atoms with Crippen LogP contribution in [0.4, 0.5) is 0 Å². The quantitative estimate of drug-likeness (QED) is 0.933. The Morgan fingerprint density at radius 3 is 2.45 bits per heavy atom. The third-order valence-corrected chi connectivity index (χ3v) is 4.67. The molecule has 6 nitrogen and oxygen atoms in total. The molecule has 1 aliphatic heterocycles. The summed E-state index contributed by atoms with van der Waals surface area (Å²) in [5.74, 6) is 1.27. The predicted octanol–water partition coefficient (Wildman–Crippen LogP) is 1.82. The van der Waals surface area contributed by atoms with E-state index in [9.17, 15) is 5.11 Å². The molecule has 0 spiro atoms. The van der Waals surface area contributed by atoms with E-state index in [0.717, 1.165) is 37.4 Å². The van der Waals surface area contributed by atoms with Crippen molar-refractivity contribution in [2.75, 3.05) is 13.1 Å². The molecule has 1 aliphatic rings. The maximum Gasteiger partial charge on any atom is 0.173 e. The molecule has 0 aliphatic carbocycles. The van der Waals surface area contributed by atoms with Crippen LogP contribution in [0.5, 0.6) is 0 Å². The van der Waals surface area contributed by atoms with Crippen molar-refractivity contribution in [3.8, 4) is 5.69 Å². The lowest BCUT2D eigenvalue weighted by Gasteiger charge is -2.36. The predicted molar refractivity (Wildman–Crippen MR) is 83.5 cm³/mol. The molecule has 0 saturated carbocycles. The minimum atomic E-state index is -0.216. The van der Waals surface area contributed by atoms with Crippen LogP contribution in [0.25, 0.3) is 5.69 Å². The molecule has 1 aromatic heterocycles. The van der Waals surface area contributed by atoms with Gasteiger partial charge in [-0.05, 0) is 68.3 Å². The van der Waals surface area contributed by atoms with Gasteiger partial charge in [0.05, 0.1) is 17.8 Å². The fourth-order valence-corrected chi connectivity index (χ4v) is 3.16. The van der Waals surface area contributed by atoms with Crippen LogP contribution in [-0.2, 0) is 0 Å². The molecule has 0 bridgehead atoms. The number of aliphatic hydroxyl groups excluding tert-OH is 1. The Labute approximate surface area is 130 Å². The van der Waals surface area contributed by atoms with Gasteiger partial charge in [-0.3, -0.25) is 4.90 Å². The smallest absolute Gasteiger partial charge is 0.173 e. The average molecular weight is 301 g/mol. The summed E-state index contributed by atoms with van der Waals surface area (Å²) in [6, 6.07) is 10.1. The lowest BCUT2D eigenvalue weighted by Crippen LogP contribution is -2.39. The number of tetrazole rings is 1. The number of hydrogen-bond donors (Lipinski definition) is 1. The van der Waals surface area contributed by atoms with Gasteiger partial charge in [0, 0.05) is 0 Å². The number of para-hydroxylation sites is 1. The Morgan fingerprint density at radius 2 is 1.82 bits per heavy atom. The second-order valence-electron chi connectivity index (χ2n) is 6.07. The van der Waals surface area contributed by atoms with Gasteiger partial charge in [-0.2, -0.15) is 4.68 Å². The summed E-state index contributed by atoms with van der Waals surface area (Å²) >= 11 is 0. The van der Waals surface area contributed by atoms with Crippen molar-refractivity contribution in [2.45, 2.75) is 38.8 Å². The van der Waals surface area contributed by atoms with Gasteiger partial charge in [0.2, 0.25) is 0 Å². The van der Waals surface area contributed by atoms with Gasteiger partial charge in [0.25, 0.3) is 0 Å². The summed E-state index contributed by atoms with van der Waals surface area (Å²) < 4.78 is 1.81. The highest BCUT2D eigenvalue weighted by Gasteiger charge is 2.28. The Kier molecular flexibility index (Phi) is 4.49. The maximum absolute atomic E-state index is 9.72. The van der Waals surface area contributed by atoms with Gasteiger partial charge < -0.3 is 5.11 Å². The van der Waals surface area contributed by atoms with Gasteiger partial charge in [-0.25, -0.2) is 0 Å². The number of aromatic nitrogens is 4. The first-order valence-electron chi connectivity index (χ1n) is 7.92. The fraction of sp³-hybridized carbons (Fsp3) is 0.562. The topological polar surface area (TPSA) is 67.1 Å². The average Bonchev–Trinajstić information content (AvgIpc) is 3.04. The van der Waals surface area contributed by atoms with E-state index in [2.05, 4.69) is 27.3 Å². The van der Waals surface area contributed by atoms with Crippen molar-refractivity contribution >= 4 is 0 Å². The molecule has 2 aromatic rings. The lowest BCUT2D eigenvalue weighted by atomic mass is 9.91. The van der Waals surface area contributed by atoms with Crippen LogP contribution in [0.2, 0.25) is 0 Å². The number of likely N-dealkylation sites (tertiary alicyclic amines) is 1. The Hall–Kier alpha value is -1.79. The van der Waals surface area contributed by atoms with E-state index in [-0.39, 0.29) is 12.1 Å². The zero-order valence-corrected chi connectivity index (χ0v) is 13.1. The first kappa shape index (κ1) is 15.1. The van der Waals surface area contributed by atoms with Crippen molar-refractivity contribution in [3.63, 3.8) is 0 Å². The molecule has 2 unspecified atom stereocenters. The minimum absolute atomic E-state index is 0.158. The van der Waals surface area contributed by atoms with Crippen LogP contribution in [-0.4, -0.2) is 49.4 Å². The number of aliphatic hydroxyl groups is 1. The van der Waals surface area contributed by atoms with E-state index < -0.39 is 0 Å². The summed E-state index contributed by atoms with van der Waals surface area (Å²) in [6.07, 6.45) is 1.83. The van der Waals surface area contributed by atoms with Crippen LogP contribution >= 0.6 is 0 Å². The minimum Gasteiger partial charge on any atom is -0.393 e. The summed E-state index contributed by atoms with van der Waals surface area (Å²) in [5.41, 5.74) is 0.980. The van der Waals surface area contributed by atoms with Gasteiger partial charge in [-0.1, -0.05) is 18.2 Å². The van der Waals surface area contributed by atoms with E-state index >= 15 is 0 Å². The molecule has 118 valence electrons. The van der Waals surface area contributed by atoms with Crippen molar-refractivity contribution < 1.29 is 5.11 Å². The van der Waals surface area contributed by atoms with Crippen LogP contribution in [0.3, 0.4) is 0 Å². The fourth-order valence-electron chi connectivity index (χ4n) is 3.16. The molecular formula is C16H23N5O. The zero-order chi connectivity index (χ0) is 15.5. The Morgan fingerprint density at radius 1 is 1.14 bits per heavy atom. The summed E-state index contributed by atoms with van der Waals surface area (Å²) in [6.45, 7) is 5.98. The Balaban J connectivity index is 1.74. The van der Waals surface area contributed by atoms with Gasteiger partial charge >= 0.3 is 0 Å². The van der Waals surface area contributed by atoms with E-state index in [1.54, 1.807) is 0 Å². The van der Waals surface area contributed by atoms with Crippen molar-refractivity contribution in [1.29, 1.82) is 0 Å². The molecule has 1 N–H and O–H groups in total. The molecule has 1 aromatic carbocycles. The van der Waals surface area contributed by atoms with Crippen LogP contribution < -0.4 is 0 Å². The number of hydrogen-bond acceptors (Lipinski definition) is 5. The number of piperidine rings is 1. The van der Waals surface area contributed by atoms with Crippen molar-refractivity contribution in [1.82, 2.24) is 25.1 Å². The number of rotatable bonds is 4. The summed E-state index contributed by atoms with van der Waals surface area (Å²) in [4.78, 5) is 2.39. The first-order valence-corrected chi connectivity index (χ1v) is 7.92. The standard InChI is InChI=1S/C16H23N5O/c1-12(20-10-8-14(9-11-20)13(2)22)16-17-18-19-21(16)15-6-4-3-5-7-15/h3-7,12-14,22H,8-11H2,1-2H3. The monoisotopic (exact) mass is 301 g/mol. The van der Waals surface area contributed by atoms with Gasteiger partial charge in [0.1, 0.15) is 0 Å². The Bertz CT molecular complexity index is 590. The van der Waals surface area contributed by atoms with Crippen LogP contribution in [0.15, 0.2) is 30.3 Å². The van der Waals surface area contributed by atoms with E-state index in [0.29, 0.717) is 5.92 Å². The van der Waals surface area contributed by atoms with E-state index in [4.69, 9.17) is 0 Å². The molecule has 3 rings (SSSR count). The molecular weight excluding hydrogens is 278 g/mol. The SMILES string of the molecule is CC(O)C1CCN(C(C)c2nnnn2-c2ccccc2)CC1. The number of benzene rings is 1. The van der Waals surface area contributed by atoms with Crippen molar-refractivity contribution in [3.05, 3.63) is 36.2 Å². The lowest BCUT2D eigenvalue weighted by molar-refractivity contribution is 0.0567. The zero-order valence-electron chi connectivity index (χ0n) is 13.1. The van der Waals surface area contributed by atoms with Crippen LogP contribution in [0.1, 0.15) is 38.6 Å². The van der Waals surface area contributed by atoms with Crippen LogP contribution in [0, 0.1) is 5.92 Å². The largest absolute Gasteiger partial charge is 0.393 e. The second-order valence-corrected chi connectivity index (χ2v) is 6.07. The normalized spacial score (nSPS) is 20.0. The molecule has 1 fully saturated rings. The molecule has 6 heteroatoms. The highest BCUT2D eigenvalue weighted by atomic mass is 16.3. The van der Waals surface area contributed by atoms with E-state index in [1.165, 1.54) is 0 Å². The summed E-state index contributed by atoms with van der Waals surface area (Å²) in [5, 5.41) is 21.9. The molecule has 2 atom stereocenters. The van der Waals surface area contributed by atoms with E-state index in [1.807, 2.05) is 41.9 Å². The number of nitrogens with zero attached hydrogens (tertiary/aromatic N) is 5. The third kappa shape index (κ3) is 3.03.